The maximum Gasteiger partial charge on any atom is 0.250 e. The number of carbonyl (C=O) groups is 1. The first-order valence-corrected chi connectivity index (χ1v) is 9.41. The fourth-order valence-electron chi connectivity index (χ4n) is 2.09. The first-order chi connectivity index (χ1) is 11.6. The van der Waals surface area contributed by atoms with Crippen LogP contribution in [-0.4, -0.2) is 27.4 Å². The van der Waals surface area contributed by atoms with Crippen LogP contribution in [0, 0.1) is 24.4 Å². The summed E-state index contributed by atoms with van der Waals surface area (Å²) >= 11 is 1.08. The van der Waals surface area contributed by atoms with Crippen molar-refractivity contribution in [3.63, 3.8) is 0 Å². The van der Waals surface area contributed by atoms with Gasteiger partial charge in [-0.25, -0.2) is 26.3 Å². The lowest BCUT2D eigenvalue weighted by molar-refractivity contribution is -0.116. The Bertz CT molecular complexity index is 897. The largest absolute Gasteiger partial charge is 0.308 e. The molecule has 0 bridgehead atoms. The van der Waals surface area contributed by atoms with Gasteiger partial charge in [0.25, 0.3) is 0 Å². The van der Waals surface area contributed by atoms with E-state index in [9.17, 15) is 26.4 Å². The molecule has 1 N–H and O–H groups in total. The lowest BCUT2D eigenvalue weighted by atomic mass is 10.2. The molecule has 0 atom stereocenters. The zero-order chi connectivity index (χ0) is 18.8. The molecule has 0 saturated carbocycles. The van der Waals surface area contributed by atoms with Crippen LogP contribution in [0.15, 0.2) is 28.5 Å². The molecule has 25 heavy (non-hydrogen) atoms. The molecule has 2 rings (SSSR count). The summed E-state index contributed by atoms with van der Waals surface area (Å²) < 4.78 is 66.8. The number of hydrogen-bond donors (Lipinski definition) is 1. The van der Waals surface area contributed by atoms with E-state index in [-0.39, 0.29) is 17.3 Å². The number of anilines is 1. The highest BCUT2D eigenvalue weighted by molar-refractivity contribution is 7.91. The average molecular weight is 392 g/mol. The highest BCUT2D eigenvalue weighted by Crippen LogP contribution is 2.24. The summed E-state index contributed by atoms with van der Waals surface area (Å²) in [7, 11) is -3.77. The molecular weight excluding hydrogens is 377 g/mol. The van der Waals surface area contributed by atoms with Crippen molar-refractivity contribution in [2.24, 2.45) is 0 Å². The monoisotopic (exact) mass is 392 g/mol. The summed E-state index contributed by atoms with van der Waals surface area (Å²) in [6.07, 6.45) is 0. The molecule has 1 aromatic carbocycles. The molecule has 0 radical (unpaired) electrons. The SMILES string of the molecule is CC(=O)N(CCNS(=O)(=O)c1ccc(C)s1)c1ccc(F)c(F)c1F. The predicted molar refractivity (Wildman–Crippen MR) is 88.6 cm³/mol. The maximum atomic E-state index is 13.9. The molecule has 0 aliphatic carbocycles. The van der Waals surface area contributed by atoms with E-state index in [0.717, 1.165) is 34.1 Å². The van der Waals surface area contributed by atoms with E-state index in [0.29, 0.717) is 6.07 Å². The molecule has 2 aromatic rings. The van der Waals surface area contributed by atoms with Gasteiger partial charge in [0, 0.05) is 24.9 Å². The number of amides is 1. The van der Waals surface area contributed by atoms with Gasteiger partial charge in [-0.2, -0.15) is 0 Å². The highest BCUT2D eigenvalue weighted by atomic mass is 32.2. The van der Waals surface area contributed by atoms with Crippen molar-refractivity contribution < 1.29 is 26.4 Å². The lowest BCUT2D eigenvalue weighted by Crippen LogP contribution is -2.38. The van der Waals surface area contributed by atoms with Crippen LogP contribution in [-0.2, 0) is 14.8 Å². The number of halogens is 3. The molecule has 1 aromatic heterocycles. The summed E-state index contributed by atoms with van der Waals surface area (Å²) in [5.74, 6) is -5.22. The predicted octanol–water partition coefficient (Wildman–Crippen LogP) is 2.81. The second-order valence-electron chi connectivity index (χ2n) is 5.13. The fraction of sp³-hybridized carbons (Fsp3) is 0.267. The van der Waals surface area contributed by atoms with Gasteiger partial charge < -0.3 is 4.90 Å². The van der Waals surface area contributed by atoms with E-state index in [1.807, 2.05) is 0 Å². The molecule has 10 heteroatoms. The third-order valence-corrected chi connectivity index (χ3v) is 6.25. The minimum Gasteiger partial charge on any atom is -0.308 e. The van der Waals surface area contributed by atoms with Crippen LogP contribution in [0.2, 0.25) is 0 Å². The molecule has 0 aliphatic heterocycles. The van der Waals surface area contributed by atoms with Gasteiger partial charge in [-0.3, -0.25) is 4.79 Å². The summed E-state index contributed by atoms with van der Waals surface area (Å²) in [6.45, 7) is 2.39. The fourth-order valence-corrected chi connectivity index (χ4v) is 4.44. The number of benzene rings is 1. The Kier molecular flexibility index (Phi) is 5.86. The number of rotatable bonds is 6. The topological polar surface area (TPSA) is 66.5 Å². The third-order valence-electron chi connectivity index (χ3n) is 3.29. The second-order valence-corrected chi connectivity index (χ2v) is 8.41. The van der Waals surface area contributed by atoms with Gasteiger partial charge in [0.15, 0.2) is 17.5 Å². The first kappa shape index (κ1) is 19.4. The molecular formula is C15H15F3N2O3S2. The Morgan fingerprint density at radius 1 is 1.16 bits per heavy atom. The van der Waals surface area contributed by atoms with E-state index in [4.69, 9.17) is 0 Å². The van der Waals surface area contributed by atoms with Crippen LogP contribution in [0.25, 0.3) is 0 Å². The molecule has 0 saturated heterocycles. The van der Waals surface area contributed by atoms with Crippen LogP contribution < -0.4 is 9.62 Å². The van der Waals surface area contributed by atoms with Crippen molar-refractivity contribution >= 4 is 33.0 Å². The Balaban J connectivity index is 2.14. The number of carbonyl (C=O) groups excluding carboxylic acids is 1. The Labute approximate surface area is 147 Å². The summed E-state index contributed by atoms with van der Waals surface area (Å²) in [6, 6.07) is 4.71. The van der Waals surface area contributed by atoms with E-state index in [1.54, 1.807) is 13.0 Å². The van der Waals surface area contributed by atoms with Crippen LogP contribution in [0.1, 0.15) is 11.8 Å². The highest BCUT2D eigenvalue weighted by Gasteiger charge is 2.22. The van der Waals surface area contributed by atoms with Gasteiger partial charge >= 0.3 is 0 Å². The van der Waals surface area contributed by atoms with Crippen molar-refractivity contribution in [1.29, 1.82) is 0 Å². The first-order valence-electron chi connectivity index (χ1n) is 7.11. The van der Waals surface area contributed by atoms with E-state index >= 15 is 0 Å². The van der Waals surface area contributed by atoms with Crippen molar-refractivity contribution in [1.82, 2.24) is 4.72 Å². The normalized spacial score (nSPS) is 11.6. The van der Waals surface area contributed by atoms with Gasteiger partial charge in [0.05, 0.1) is 5.69 Å². The summed E-state index contributed by atoms with van der Waals surface area (Å²) in [5.41, 5.74) is -0.461. The maximum absolute atomic E-state index is 13.9. The minimum absolute atomic E-state index is 0.110. The Morgan fingerprint density at radius 2 is 1.84 bits per heavy atom. The standard InChI is InChI=1S/C15H15F3N2O3S2/c1-9-3-6-13(24-9)25(22,23)19-7-8-20(10(2)21)12-5-4-11(16)14(17)15(12)18/h3-6,19H,7-8H2,1-2H3. The van der Waals surface area contributed by atoms with Gasteiger partial charge in [0.1, 0.15) is 4.21 Å². The van der Waals surface area contributed by atoms with Crippen molar-refractivity contribution in [2.45, 2.75) is 18.1 Å². The number of aryl methyl sites for hydroxylation is 1. The summed E-state index contributed by atoms with van der Waals surface area (Å²) in [5, 5.41) is 0. The number of hydrogen-bond acceptors (Lipinski definition) is 4. The van der Waals surface area contributed by atoms with E-state index in [2.05, 4.69) is 4.72 Å². The number of thiophene rings is 1. The molecule has 1 heterocycles. The van der Waals surface area contributed by atoms with Gasteiger partial charge in [-0.1, -0.05) is 0 Å². The molecule has 0 unspecified atom stereocenters. The zero-order valence-corrected chi connectivity index (χ0v) is 15.0. The van der Waals surface area contributed by atoms with Crippen molar-refractivity contribution in [3.8, 4) is 0 Å². The van der Waals surface area contributed by atoms with Crippen LogP contribution in [0.3, 0.4) is 0 Å². The molecule has 0 fully saturated rings. The van der Waals surface area contributed by atoms with Crippen LogP contribution in [0.5, 0.6) is 0 Å². The molecule has 1 amide bonds. The molecule has 0 spiro atoms. The van der Waals surface area contributed by atoms with Crippen LogP contribution in [0.4, 0.5) is 18.9 Å². The second kappa shape index (κ2) is 7.54. The minimum atomic E-state index is -3.77. The van der Waals surface area contributed by atoms with Gasteiger partial charge in [-0.15, -0.1) is 11.3 Å². The van der Waals surface area contributed by atoms with Crippen LogP contribution >= 0.6 is 11.3 Å². The number of nitrogens with zero attached hydrogens (tertiary/aromatic N) is 1. The van der Waals surface area contributed by atoms with Gasteiger partial charge in [-0.05, 0) is 31.2 Å². The molecule has 136 valence electrons. The van der Waals surface area contributed by atoms with E-state index in [1.165, 1.54) is 6.07 Å². The quantitative estimate of drug-likeness (QED) is 0.769. The average Bonchev–Trinajstić information content (AvgIpc) is 2.97. The van der Waals surface area contributed by atoms with Crippen molar-refractivity contribution in [3.05, 3.63) is 46.6 Å². The lowest BCUT2D eigenvalue weighted by Gasteiger charge is -2.22. The Morgan fingerprint density at radius 3 is 2.40 bits per heavy atom. The molecule has 0 aliphatic rings. The zero-order valence-electron chi connectivity index (χ0n) is 13.3. The smallest absolute Gasteiger partial charge is 0.250 e. The van der Waals surface area contributed by atoms with E-state index < -0.39 is 39.1 Å². The number of nitrogens with one attached hydrogen (secondary N) is 1. The number of sulfonamides is 1. The molecule has 5 nitrogen and oxygen atoms in total. The Hall–Kier alpha value is -1.91. The summed E-state index contributed by atoms with van der Waals surface area (Å²) in [4.78, 5) is 13.3. The van der Waals surface area contributed by atoms with Gasteiger partial charge in [0.2, 0.25) is 15.9 Å². The van der Waals surface area contributed by atoms with Crippen molar-refractivity contribution in [2.75, 3.05) is 18.0 Å². The third kappa shape index (κ3) is 4.39.